The number of rotatable bonds is 15. The van der Waals surface area contributed by atoms with E-state index in [0.29, 0.717) is 67.1 Å². The zero-order valence-corrected chi connectivity index (χ0v) is 31.3. The fourth-order valence-corrected chi connectivity index (χ4v) is 7.83. The lowest BCUT2D eigenvalue weighted by molar-refractivity contribution is -0.121. The Morgan fingerprint density at radius 1 is 1.00 bits per heavy atom. The molecule has 5 aromatic rings. The zero-order valence-electron chi connectivity index (χ0n) is 31.3. The van der Waals surface area contributed by atoms with E-state index in [0.717, 1.165) is 62.8 Å². The van der Waals surface area contributed by atoms with Crippen molar-refractivity contribution in [3.63, 3.8) is 0 Å². The number of nitrogens with one attached hydrogen (secondary N) is 3. The lowest BCUT2D eigenvalue weighted by Gasteiger charge is -2.29. The molecule has 1 atom stereocenters. The molecule has 3 aromatic carbocycles. The number of fused-ring (bicyclic) bond motifs is 5. The van der Waals surface area contributed by atoms with Gasteiger partial charge in [-0.2, -0.15) is 0 Å². The van der Waals surface area contributed by atoms with Crippen molar-refractivity contribution in [3.8, 4) is 17.2 Å². The first-order chi connectivity index (χ1) is 26.7. The molecule has 288 valence electrons. The number of amides is 2. The molecule has 13 nitrogen and oxygen atoms in total. The van der Waals surface area contributed by atoms with Crippen LogP contribution in [-0.4, -0.2) is 112 Å². The maximum Gasteiger partial charge on any atom is 0.256 e. The van der Waals surface area contributed by atoms with E-state index >= 15 is 4.39 Å². The first-order valence-electron chi connectivity index (χ1n) is 19.2. The van der Waals surface area contributed by atoms with Gasteiger partial charge in [0.15, 0.2) is 17.3 Å². The highest BCUT2D eigenvalue weighted by molar-refractivity contribution is 6.07. The Kier molecular flexibility index (Phi) is 10.4. The number of pyridine rings is 1. The monoisotopic (exact) mass is 750 g/mol. The van der Waals surface area contributed by atoms with Gasteiger partial charge in [-0.1, -0.05) is 18.2 Å². The van der Waals surface area contributed by atoms with E-state index in [2.05, 4.69) is 30.7 Å². The van der Waals surface area contributed by atoms with Gasteiger partial charge in [0.05, 0.1) is 24.0 Å². The second kappa shape index (κ2) is 15.7. The number of carbonyl (C=O) groups excluding carboxylic acids is 2. The number of aliphatic imine (C=N–C) groups is 1. The molecule has 0 unspecified atom stereocenters. The average Bonchev–Trinajstić information content (AvgIpc) is 3.94. The van der Waals surface area contributed by atoms with Crippen LogP contribution in [0.2, 0.25) is 0 Å². The Labute approximate surface area is 318 Å². The van der Waals surface area contributed by atoms with Gasteiger partial charge in [0.25, 0.3) is 5.91 Å². The van der Waals surface area contributed by atoms with Crippen LogP contribution in [-0.2, 0) is 4.79 Å². The Morgan fingerprint density at radius 3 is 2.71 bits per heavy atom. The van der Waals surface area contributed by atoms with Crippen LogP contribution in [0.25, 0.3) is 38.5 Å². The fourth-order valence-electron chi connectivity index (χ4n) is 7.83. The molecule has 5 heterocycles. The largest absolute Gasteiger partial charge is 0.456 e. The van der Waals surface area contributed by atoms with Crippen molar-refractivity contribution in [2.75, 3.05) is 77.9 Å². The fraction of sp³-hybridized carbons (Fsp3) is 0.415. The molecule has 8 rings (SSSR count). The predicted octanol–water partition coefficient (Wildman–Crippen LogP) is 4.62. The van der Waals surface area contributed by atoms with Crippen LogP contribution in [0, 0.1) is 5.82 Å². The molecule has 1 fully saturated rings. The van der Waals surface area contributed by atoms with Crippen LogP contribution >= 0.6 is 0 Å². The average molecular weight is 751 g/mol. The highest BCUT2D eigenvalue weighted by Crippen LogP contribution is 2.49. The number of para-hydroxylation sites is 1. The number of unbranched alkanes of at least 4 members (excludes halogenated alkanes) is 1. The van der Waals surface area contributed by atoms with Crippen LogP contribution in [0.15, 0.2) is 62.9 Å². The first kappa shape index (κ1) is 36.5. The summed E-state index contributed by atoms with van der Waals surface area (Å²) in [5.74, 6) is -0.593. The summed E-state index contributed by atoms with van der Waals surface area (Å²) in [5.41, 5.74) is 1.79. The van der Waals surface area contributed by atoms with E-state index in [1.165, 1.54) is 12.3 Å². The minimum Gasteiger partial charge on any atom is -0.456 e. The summed E-state index contributed by atoms with van der Waals surface area (Å²) in [6.07, 6.45) is 6.99. The molecule has 3 N–H and O–H groups in total. The molecule has 1 saturated heterocycles. The topological polar surface area (TPSA) is 137 Å². The van der Waals surface area contributed by atoms with E-state index in [1.54, 1.807) is 4.57 Å². The summed E-state index contributed by atoms with van der Waals surface area (Å²) in [5, 5.41) is 11.1. The molecule has 2 aromatic heterocycles. The second-order valence-corrected chi connectivity index (χ2v) is 14.9. The van der Waals surface area contributed by atoms with E-state index < -0.39 is 17.2 Å². The smallest absolute Gasteiger partial charge is 0.256 e. The molecule has 0 saturated carbocycles. The summed E-state index contributed by atoms with van der Waals surface area (Å²) < 4.78 is 31.0. The van der Waals surface area contributed by atoms with Crippen molar-refractivity contribution in [1.29, 1.82) is 0 Å². The predicted molar refractivity (Wildman–Crippen MR) is 213 cm³/mol. The summed E-state index contributed by atoms with van der Waals surface area (Å²) in [7, 11) is 3.99. The lowest BCUT2D eigenvalue weighted by Crippen LogP contribution is -2.38. The van der Waals surface area contributed by atoms with Gasteiger partial charge in [-0.25, -0.2) is 4.39 Å². The molecule has 0 spiro atoms. The number of hydrogen-bond donors (Lipinski definition) is 3. The van der Waals surface area contributed by atoms with E-state index in [1.807, 2.05) is 61.7 Å². The van der Waals surface area contributed by atoms with Crippen LogP contribution in [0.3, 0.4) is 0 Å². The maximum atomic E-state index is 16.5. The Balaban J connectivity index is 1.06. The SMILES string of the molecule is CN(C)CCCCNC(=O)c1cn2c3c(c(N4CC[C@@H](NC(=O)CCNCCCN5C=NCC5)C4)c(F)cc3c1=O)Oc1cc3c(cc1-2)oc1ccccc13. The minimum atomic E-state index is -0.637. The number of nitrogens with zero attached hydrogens (tertiary/aromatic N) is 5. The number of carbonyl (C=O) groups is 2. The molecule has 0 bridgehead atoms. The van der Waals surface area contributed by atoms with E-state index in [4.69, 9.17) is 9.15 Å². The Morgan fingerprint density at radius 2 is 1.87 bits per heavy atom. The van der Waals surface area contributed by atoms with Gasteiger partial charge < -0.3 is 44.4 Å². The highest BCUT2D eigenvalue weighted by Gasteiger charge is 2.34. The molecule has 0 radical (unpaired) electrons. The van der Waals surface area contributed by atoms with Gasteiger partial charge in [0.1, 0.15) is 27.9 Å². The summed E-state index contributed by atoms with van der Waals surface area (Å²) in [4.78, 5) is 50.8. The summed E-state index contributed by atoms with van der Waals surface area (Å²) in [6, 6.07) is 12.4. The van der Waals surface area contributed by atoms with Crippen molar-refractivity contribution in [2.24, 2.45) is 4.99 Å². The lowest BCUT2D eigenvalue weighted by atomic mass is 10.0. The number of aromatic nitrogens is 1. The van der Waals surface area contributed by atoms with Crippen LogP contribution in [0.5, 0.6) is 11.5 Å². The number of ether oxygens (including phenoxy) is 1. The van der Waals surface area contributed by atoms with Crippen LogP contribution < -0.4 is 31.0 Å². The number of halogens is 1. The van der Waals surface area contributed by atoms with Gasteiger partial charge >= 0.3 is 0 Å². The molecule has 3 aliphatic rings. The normalized spacial score (nSPS) is 16.1. The van der Waals surface area contributed by atoms with Gasteiger partial charge in [0, 0.05) is 74.8 Å². The van der Waals surface area contributed by atoms with Crippen molar-refractivity contribution in [2.45, 2.75) is 38.1 Å². The van der Waals surface area contributed by atoms with Gasteiger partial charge in [-0.05, 0) is 71.1 Å². The molecule has 55 heavy (non-hydrogen) atoms. The number of benzene rings is 3. The van der Waals surface area contributed by atoms with Crippen molar-refractivity contribution < 1.29 is 23.1 Å². The molecular formula is C41H47FN8O5. The van der Waals surface area contributed by atoms with Crippen molar-refractivity contribution in [1.82, 2.24) is 30.3 Å². The van der Waals surface area contributed by atoms with E-state index in [-0.39, 0.29) is 34.3 Å². The molecule has 0 aliphatic carbocycles. The molecule has 3 aliphatic heterocycles. The van der Waals surface area contributed by atoms with Gasteiger partial charge in [-0.3, -0.25) is 19.4 Å². The third kappa shape index (κ3) is 7.48. The number of anilines is 1. The Hall–Kier alpha value is -5.47. The van der Waals surface area contributed by atoms with Crippen molar-refractivity contribution in [3.05, 3.63) is 70.3 Å². The minimum absolute atomic E-state index is 0.0389. The highest BCUT2D eigenvalue weighted by atomic mass is 19.1. The second-order valence-electron chi connectivity index (χ2n) is 14.9. The molecular weight excluding hydrogens is 704 g/mol. The third-order valence-electron chi connectivity index (χ3n) is 10.6. The van der Waals surface area contributed by atoms with Gasteiger partial charge in [0.2, 0.25) is 11.3 Å². The number of hydrogen-bond acceptors (Lipinski definition) is 10. The summed E-state index contributed by atoms with van der Waals surface area (Å²) >= 11 is 0. The molecule has 14 heteroatoms. The Bertz CT molecular complexity index is 2350. The summed E-state index contributed by atoms with van der Waals surface area (Å²) in [6.45, 7) is 6.28. The standard InChI is InChI=1S/C41H47FN8O5/c1-47(2)16-6-5-13-45-41(53)30-24-50-32-22-34-28(27-8-3-4-9-33(27)54-34)21-35(32)55-40-37(50)29(39(30)52)20-31(42)38(40)49-18-11-26(23-49)46-36(51)10-14-43-12-7-17-48-19-15-44-25-48/h3-4,8-9,20-22,24-26,43H,5-7,10-19,23H2,1-2H3,(H,45,53)(H,46,51)/t26-/m1/s1. The number of furan rings is 1. The maximum absolute atomic E-state index is 16.5. The third-order valence-corrected chi connectivity index (χ3v) is 10.6. The van der Waals surface area contributed by atoms with Crippen molar-refractivity contribution >= 4 is 56.7 Å². The van der Waals surface area contributed by atoms with Crippen LogP contribution in [0.4, 0.5) is 10.1 Å². The van der Waals surface area contributed by atoms with Gasteiger partial charge in [-0.15, -0.1) is 0 Å². The van der Waals surface area contributed by atoms with Crippen LogP contribution in [0.1, 0.15) is 42.5 Å². The first-order valence-corrected chi connectivity index (χ1v) is 19.2. The van der Waals surface area contributed by atoms with E-state index in [9.17, 15) is 14.4 Å². The quantitative estimate of drug-likeness (QED) is 0.129. The zero-order chi connectivity index (χ0) is 38.1. The molecule has 2 amide bonds.